The molecule has 1 aliphatic carbocycles. The van der Waals surface area contributed by atoms with Crippen molar-refractivity contribution in [2.45, 2.75) is 18.9 Å². The smallest absolute Gasteiger partial charge is 0.257 e. The summed E-state index contributed by atoms with van der Waals surface area (Å²) in [5, 5.41) is 12.1. The second kappa shape index (κ2) is 8.76. The van der Waals surface area contributed by atoms with E-state index in [0.29, 0.717) is 27.2 Å². The summed E-state index contributed by atoms with van der Waals surface area (Å²) in [4.78, 5) is 16.8. The lowest BCUT2D eigenvalue weighted by Gasteiger charge is -2.17. The van der Waals surface area contributed by atoms with E-state index in [1.165, 1.54) is 22.5 Å². The van der Waals surface area contributed by atoms with Crippen molar-refractivity contribution < 1.29 is 14.3 Å². The highest BCUT2D eigenvalue weighted by Gasteiger charge is 2.25. The molecular weight excluding hydrogens is 424 g/mol. The predicted octanol–water partition coefficient (Wildman–Crippen LogP) is 4.93. The Balaban J connectivity index is 1.31. The Labute approximate surface area is 189 Å². The highest BCUT2D eigenvalue weighted by molar-refractivity contribution is 7.18. The van der Waals surface area contributed by atoms with E-state index < -0.39 is 0 Å². The van der Waals surface area contributed by atoms with Gasteiger partial charge >= 0.3 is 0 Å². The molecule has 2 heterocycles. The number of aryl methyl sites for hydroxylation is 1. The minimum Gasteiger partial charge on any atom is -0.493 e. The van der Waals surface area contributed by atoms with Crippen molar-refractivity contribution in [3.63, 3.8) is 0 Å². The first kappa shape index (κ1) is 20.1. The lowest BCUT2D eigenvalue weighted by molar-refractivity contribution is 0.102. The topological polar surface area (TPSA) is 86.2 Å². The molecular formula is C24H20N4O3S. The van der Waals surface area contributed by atoms with Crippen molar-refractivity contribution in [1.82, 2.24) is 15.2 Å². The van der Waals surface area contributed by atoms with E-state index in [2.05, 4.69) is 32.6 Å². The first-order chi connectivity index (χ1) is 15.7. The number of aromatic nitrogens is 3. The molecule has 1 aliphatic rings. The van der Waals surface area contributed by atoms with Gasteiger partial charge in [0.2, 0.25) is 5.13 Å². The van der Waals surface area contributed by atoms with Crippen molar-refractivity contribution in [2.75, 3.05) is 12.4 Å². The number of anilines is 1. The molecule has 2 aromatic carbocycles. The van der Waals surface area contributed by atoms with Crippen LogP contribution in [-0.4, -0.2) is 28.2 Å². The molecule has 0 saturated carbocycles. The Morgan fingerprint density at radius 1 is 1.06 bits per heavy atom. The third-order valence-corrected chi connectivity index (χ3v) is 6.23. The number of hydrogen-bond donors (Lipinski definition) is 1. The SMILES string of the molecule is COc1cc(C(=O)Nc2nnc(-c3ccncc3)s2)ccc1O[C@H]1CCc2ccccc21. The van der Waals surface area contributed by atoms with Crippen LogP contribution in [0.5, 0.6) is 11.5 Å². The minimum atomic E-state index is -0.293. The number of carbonyl (C=O) groups excluding carboxylic acids is 1. The van der Waals surface area contributed by atoms with Gasteiger partial charge < -0.3 is 9.47 Å². The molecule has 0 fully saturated rings. The van der Waals surface area contributed by atoms with Crippen molar-refractivity contribution in [3.05, 3.63) is 83.7 Å². The van der Waals surface area contributed by atoms with Crippen LogP contribution in [0, 0.1) is 0 Å². The highest BCUT2D eigenvalue weighted by Crippen LogP contribution is 2.38. The van der Waals surface area contributed by atoms with Gasteiger partial charge in [0.15, 0.2) is 11.5 Å². The van der Waals surface area contributed by atoms with Crippen LogP contribution in [0.25, 0.3) is 10.6 Å². The quantitative estimate of drug-likeness (QED) is 0.454. The second-order valence-corrected chi connectivity index (χ2v) is 8.29. The van der Waals surface area contributed by atoms with Crippen LogP contribution in [0.4, 0.5) is 5.13 Å². The zero-order chi connectivity index (χ0) is 21.9. The van der Waals surface area contributed by atoms with Crippen molar-refractivity contribution in [3.8, 4) is 22.1 Å². The Morgan fingerprint density at radius 2 is 1.91 bits per heavy atom. The maximum atomic E-state index is 12.8. The minimum absolute atomic E-state index is 0.0206. The van der Waals surface area contributed by atoms with Crippen LogP contribution in [0.3, 0.4) is 0 Å². The molecule has 0 radical (unpaired) electrons. The first-order valence-corrected chi connectivity index (χ1v) is 11.0. The standard InChI is InChI=1S/C24H20N4O3S/c1-30-21-14-17(7-9-20(21)31-19-8-6-15-4-2-3-5-18(15)19)22(29)26-24-28-27-23(32-24)16-10-12-25-13-11-16/h2-5,7,9-14,19H,6,8H2,1H3,(H,26,28,29)/t19-/m0/s1. The Kier molecular flexibility index (Phi) is 5.51. The van der Waals surface area contributed by atoms with E-state index in [9.17, 15) is 4.79 Å². The fourth-order valence-electron chi connectivity index (χ4n) is 3.75. The van der Waals surface area contributed by atoms with E-state index in [1.807, 2.05) is 24.3 Å². The Hall–Kier alpha value is -3.78. The van der Waals surface area contributed by atoms with Crippen molar-refractivity contribution >= 4 is 22.4 Å². The normalized spacial score (nSPS) is 14.6. The van der Waals surface area contributed by atoms with Gasteiger partial charge in [-0.1, -0.05) is 35.6 Å². The Bertz CT molecular complexity index is 1260. The summed E-state index contributed by atoms with van der Waals surface area (Å²) in [5.41, 5.74) is 3.87. The third-order valence-electron chi connectivity index (χ3n) is 5.35. The molecule has 8 heteroatoms. The molecule has 1 amide bonds. The molecule has 160 valence electrons. The summed E-state index contributed by atoms with van der Waals surface area (Å²) in [6.07, 6.45) is 5.27. The molecule has 2 aromatic heterocycles. The summed E-state index contributed by atoms with van der Waals surface area (Å²) in [6.45, 7) is 0. The van der Waals surface area contributed by atoms with E-state index in [1.54, 1.807) is 37.7 Å². The summed E-state index contributed by atoms with van der Waals surface area (Å²) in [7, 11) is 1.57. The van der Waals surface area contributed by atoms with Gasteiger partial charge in [-0.3, -0.25) is 15.1 Å². The second-order valence-electron chi connectivity index (χ2n) is 7.31. The fraction of sp³-hybridized carbons (Fsp3) is 0.167. The molecule has 5 rings (SSSR count). The van der Waals surface area contributed by atoms with E-state index in [4.69, 9.17) is 9.47 Å². The van der Waals surface area contributed by atoms with E-state index >= 15 is 0 Å². The Morgan fingerprint density at radius 3 is 2.75 bits per heavy atom. The van der Waals surface area contributed by atoms with Crippen LogP contribution in [0.2, 0.25) is 0 Å². The fourth-order valence-corrected chi connectivity index (χ4v) is 4.50. The van der Waals surface area contributed by atoms with Crippen LogP contribution in [0.1, 0.15) is 34.0 Å². The van der Waals surface area contributed by atoms with Crippen LogP contribution in [0.15, 0.2) is 67.0 Å². The number of methoxy groups -OCH3 is 1. The van der Waals surface area contributed by atoms with Gasteiger partial charge in [0.1, 0.15) is 11.1 Å². The zero-order valence-corrected chi connectivity index (χ0v) is 18.1. The number of benzene rings is 2. The van der Waals surface area contributed by atoms with Crippen LogP contribution in [-0.2, 0) is 6.42 Å². The van der Waals surface area contributed by atoms with Gasteiger partial charge in [-0.05, 0) is 54.3 Å². The molecule has 1 atom stereocenters. The van der Waals surface area contributed by atoms with Crippen LogP contribution < -0.4 is 14.8 Å². The number of hydrogen-bond acceptors (Lipinski definition) is 7. The summed E-state index contributed by atoms with van der Waals surface area (Å²) in [6, 6.07) is 17.2. The number of carbonyl (C=O) groups is 1. The van der Waals surface area contributed by atoms with E-state index in [0.717, 1.165) is 18.4 Å². The lowest BCUT2D eigenvalue weighted by atomic mass is 10.1. The molecule has 0 bridgehead atoms. The average molecular weight is 445 g/mol. The summed E-state index contributed by atoms with van der Waals surface area (Å²) >= 11 is 1.30. The third kappa shape index (κ3) is 4.04. The number of rotatable bonds is 6. The largest absolute Gasteiger partial charge is 0.493 e. The molecule has 1 N–H and O–H groups in total. The van der Waals surface area contributed by atoms with Gasteiger partial charge in [-0.15, -0.1) is 10.2 Å². The molecule has 4 aromatic rings. The van der Waals surface area contributed by atoms with Crippen molar-refractivity contribution in [2.24, 2.45) is 0 Å². The zero-order valence-electron chi connectivity index (χ0n) is 17.3. The van der Waals surface area contributed by atoms with E-state index in [-0.39, 0.29) is 12.0 Å². The number of nitrogens with zero attached hydrogens (tertiary/aromatic N) is 3. The average Bonchev–Trinajstić information content (AvgIpc) is 3.47. The molecule has 32 heavy (non-hydrogen) atoms. The van der Waals surface area contributed by atoms with Gasteiger partial charge in [0, 0.05) is 23.5 Å². The van der Waals surface area contributed by atoms with Gasteiger partial charge in [0.05, 0.1) is 7.11 Å². The summed E-state index contributed by atoms with van der Waals surface area (Å²) in [5.74, 6) is 0.830. The number of pyridine rings is 1. The van der Waals surface area contributed by atoms with Gasteiger partial charge in [0.25, 0.3) is 5.91 Å². The predicted molar refractivity (Wildman–Crippen MR) is 122 cm³/mol. The molecule has 0 unspecified atom stereocenters. The molecule has 0 spiro atoms. The van der Waals surface area contributed by atoms with Gasteiger partial charge in [-0.2, -0.15) is 0 Å². The first-order valence-electron chi connectivity index (χ1n) is 10.2. The molecule has 0 saturated heterocycles. The molecule has 0 aliphatic heterocycles. The molecule has 7 nitrogen and oxygen atoms in total. The number of ether oxygens (including phenoxy) is 2. The lowest BCUT2D eigenvalue weighted by Crippen LogP contribution is -2.12. The number of amides is 1. The maximum absolute atomic E-state index is 12.8. The van der Waals surface area contributed by atoms with Crippen LogP contribution >= 0.6 is 11.3 Å². The summed E-state index contributed by atoms with van der Waals surface area (Å²) < 4.78 is 11.8. The highest BCUT2D eigenvalue weighted by atomic mass is 32.1. The maximum Gasteiger partial charge on any atom is 0.257 e. The number of fused-ring (bicyclic) bond motifs is 1. The van der Waals surface area contributed by atoms with Gasteiger partial charge in [-0.25, -0.2) is 0 Å². The van der Waals surface area contributed by atoms with Crippen molar-refractivity contribution in [1.29, 1.82) is 0 Å². The monoisotopic (exact) mass is 444 g/mol. The number of nitrogens with one attached hydrogen (secondary N) is 1.